The Morgan fingerprint density at radius 2 is 1.83 bits per heavy atom. The van der Waals surface area contributed by atoms with Crippen molar-refractivity contribution in [2.24, 2.45) is 0 Å². The van der Waals surface area contributed by atoms with Gasteiger partial charge in [0.15, 0.2) is 11.5 Å². The first kappa shape index (κ1) is 18.3. The van der Waals surface area contributed by atoms with Gasteiger partial charge in [-0.25, -0.2) is 0 Å². The lowest BCUT2D eigenvalue weighted by molar-refractivity contribution is 0.0992. The van der Waals surface area contributed by atoms with Crippen molar-refractivity contribution in [2.45, 2.75) is 19.3 Å². The van der Waals surface area contributed by atoms with Crippen LogP contribution in [-0.4, -0.2) is 6.79 Å². The van der Waals surface area contributed by atoms with Crippen LogP contribution in [0, 0.1) is 0 Å². The Labute approximate surface area is 177 Å². The van der Waals surface area contributed by atoms with Gasteiger partial charge in [0.25, 0.3) is 0 Å². The van der Waals surface area contributed by atoms with Crippen LogP contribution in [0.4, 0.5) is 0 Å². The standard InChI is InChI=1S/C24H19BrO4/c25-21-8-7-19(26-13-16-4-2-1-3-5-16)10-17(21)6-9-22-20-12-24-23(28-15-29-24)11-18(20)14-27-22/h1-12,22H,13-15H2/b9-6+. The number of hydrogen-bond donors (Lipinski definition) is 0. The fourth-order valence-electron chi connectivity index (χ4n) is 3.49. The second-order valence-corrected chi connectivity index (χ2v) is 7.81. The van der Waals surface area contributed by atoms with E-state index in [9.17, 15) is 0 Å². The van der Waals surface area contributed by atoms with E-state index in [4.69, 9.17) is 18.9 Å². The van der Waals surface area contributed by atoms with Crippen molar-refractivity contribution in [1.82, 2.24) is 0 Å². The van der Waals surface area contributed by atoms with E-state index in [-0.39, 0.29) is 12.9 Å². The smallest absolute Gasteiger partial charge is 0.231 e. The molecule has 2 aliphatic heterocycles. The van der Waals surface area contributed by atoms with Gasteiger partial charge in [-0.3, -0.25) is 0 Å². The van der Waals surface area contributed by atoms with Crippen LogP contribution in [0.25, 0.3) is 6.08 Å². The zero-order valence-corrected chi connectivity index (χ0v) is 17.2. The van der Waals surface area contributed by atoms with E-state index >= 15 is 0 Å². The average Bonchev–Trinajstić information content (AvgIpc) is 3.37. The normalized spacial score (nSPS) is 16.9. The molecule has 0 bridgehead atoms. The first-order valence-electron chi connectivity index (χ1n) is 9.45. The maximum atomic E-state index is 5.95. The van der Waals surface area contributed by atoms with Gasteiger partial charge in [0.1, 0.15) is 18.5 Å². The molecule has 0 saturated carbocycles. The summed E-state index contributed by atoms with van der Waals surface area (Å²) in [6.45, 7) is 1.39. The summed E-state index contributed by atoms with van der Waals surface area (Å²) >= 11 is 3.62. The lowest BCUT2D eigenvalue weighted by Gasteiger charge is -2.09. The summed E-state index contributed by atoms with van der Waals surface area (Å²) in [4.78, 5) is 0. The Kier molecular flexibility index (Phi) is 5.00. The molecule has 2 heterocycles. The Bertz CT molecular complexity index is 1060. The van der Waals surface area contributed by atoms with E-state index < -0.39 is 0 Å². The summed E-state index contributed by atoms with van der Waals surface area (Å²) in [6.07, 6.45) is 4.01. The van der Waals surface area contributed by atoms with Crippen molar-refractivity contribution in [3.05, 3.63) is 93.5 Å². The van der Waals surface area contributed by atoms with Crippen molar-refractivity contribution in [1.29, 1.82) is 0 Å². The monoisotopic (exact) mass is 450 g/mol. The highest BCUT2D eigenvalue weighted by Gasteiger charge is 2.26. The molecule has 0 aliphatic carbocycles. The van der Waals surface area contributed by atoms with Gasteiger partial charge < -0.3 is 18.9 Å². The van der Waals surface area contributed by atoms with Gasteiger partial charge in [0, 0.05) is 4.47 Å². The zero-order valence-electron chi connectivity index (χ0n) is 15.6. The van der Waals surface area contributed by atoms with Crippen LogP contribution in [0.15, 0.2) is 71.2 Å². The van der Waals surface area contributed by atoms with Gasteiger partial charge in [-0.1, -0.05) is 58.4 Å². The molecule has 0 saturated heterocycles. The first-order valence-corrected chi connectivity index (χ1v) is 10.2. The van der Waals surface area contributed by atoms with Gasteiger partial charge >= 0.3 is 0 Å². The second kappa shape index (κ2) is 7.93. The molecule has 3 aromatic rings. The Morgan fingerprint density at radius 1 is 1.00 bits per heavy atom. The Balaban J connectivity index is 1.33. The number of rotatable bonds is 5. The summed E-state index contributed by atoms with van der Waals surface area (Å²) in [7, 11) is 0. The summed E-state index contributed by atoms with van der Waals surface area (Å²) in [5.74, 6) is 2.40. The molecule has 0 N–H and O–H groups in total. The minimum Gasteiger partial charge on any atom is -0.489 e. The fourth-order valence-corrected chi connectivity index (χ4v) is 3.87. The molecule has 0 fully saturated rings. The van der Waals surface area contributed by atoms with Gasteiger partial charge in [-0.05, 0) is 52.6 Å². The molecule has 5 heteroatoms. The lowest BCUT2D eigenvalue weighted by atomic mass is 10.0. The minimum atomic E-state index is -0.111. The van der Waals surface area contributed by atoms with E-state index in [1.54, 1.807) is 0 Å². The largest absolute Gasteiger partial charge is 0.489 e. The third kappa shape index (κ3) is 3.88. The van der Waals surface area contributed by atoms with Crippen LogP contribution < -0.4 is 14.2 Å². The molecule has 3 aromatic carbocycles. The number of fused-ring (bicyclic) bond motifs is 2. The molecule has 0 spiro atoms. The number of ether oxygens (including phenoxy) is 4. The van der Waals surface area contributed by atoms with Gasteiger partial charge in [-0.15, -0.1) is 0 Å². The van der Waals surface area contributed by atoms with Crippen LogP contribution in [0.3, 0.4) is 0 Å². The maximum absolute atomic E-state index is 5.95. The van der Waals surface area contributed by atoms with Crippen LogP contribution in [0.5, 0.6) is 17.2 Å². The van der Waals surface area contributed by atoms with Crippen molar-refractivity contribution >= 4 is 22.0 Å². The Morgan fingerprint density at radius 3 is 2.69 bits per heavy atom. The third-order valence-corrected chi connectivity index (χ3v) is 5.75. The van der Waals surface area contributed by atoms with Gasteiger partial charge in [0.05, 0.1) is 6.61 Å². The molecular formula is C24H19BrO4. The van der Waals surface area contributed by atoms with Crippen LogP contribution in [0.2, 0.25) is 0 Å². The van der Waals surface area contributed by atoms with E-state index in [0.29, 0.717) is 13.2 Å². The van der Waals surface area contributed by atoms with Crippen LogP contribution in [0.1, 0.15) is 28.4 Å². The zero-order chi connectivity index (χ0) is 19.6. The molecule has 0 aromatic heterocycles. The molecule has 0 radical (unpaired) electrons. The molecule has 2 aliphatic rings. The lowest BCUT2D eigenvalue weighted by Crippen LogP contribution is -1.95. The third-order valence-electron chi connectivity index (χ3n) is 5.03. The average molecular weight is 451 g/mol. The maximum Gasteiger partial charge on any atom is 0.231 e. The molecule has 0 amide bonds. The summed E-state index contributed by atoms with van der Waals surface area (Å²) < 4.78 is 23.9. The molecule has 1 unspecified atom stereocenters. The predicted octanol–water partition coefficient (Wildman–Crippen LogP) is 6.04. The van der Waals surface area contributed by atoms with Crippen molar-refractivity contribution in [2.75, 3.05) is 6.79 Å². The molecule has 4 nitrogen and oxygen atoms in total. The number of benzene rings is 3. The number of hydrogen-bond acceptors (Lipinski definition) is 4. The topological polar surface area (TPSA) is 36.9 Å². The van der Waals surface area contributed by atoms with Crippen molar-refractivity contribution < 1.29 is 18.9 Å². The summed E-state index contributed by atoms with van der Waals surface area (Å²) in [5.41, 5.74) is 4.44. The van der Waals surface area contributed by atoms with Crippen LogP contribution >= 0.6 is 15.9 Å². The SMILES string of the molecule is Brc1ccc(OCc2ccccc2)cc1/C=C/C1OCc2cc3c(cc21)OCO3. The summed E-state index contributed by atoms with van der Waals surface area (Å²) in [5, 5.41) is 0. The molecule has 146 valence electrons. The van der Waals surface area contributed by atoms with Gasteiger partial charge in [-0.2, -0.15) is 0 Å². The second-order valence-electron chi connectivity index (χ2n) is 6.95. The van der Waals surface area contributed by atoms with E-state index in [1.807, 2.05) is 48.5 Å². The highest BCUT2D eigenvalue weighted by atomic mass is 79.9. The van der Waals surface area contributed by atoms with Crippen molar-refractivity contribution in [3.63, 3.8) is 0 Å². The molecule has 1 atom stereocenters. The van der Waals surface area contributed by atoms with E-state index in [1.165, 1.54) is 0 Å². The quantitative estimate of drug-likeness (QED) is 0.474. The minimum absolute atomic E-state index is 0.111. The predicted molar refractivity (Wildman–Crippen MR) is 114 cm³/mol. The first-order chi connectivity index (χ1) is 14.3. The van der Waals surface area contributed by atoms with E-state index in [0.717, 1.165) is 44.0 Å². The van der Waals surface area contributed by atoms with Crippen LogP contribution in [-0.2, 0) is 18.0 Å². The van der Waals surface area contributed by atoms with Crippen molar-refractivity contribution in [3.8, 4) is 17.2 Å². The highest BCUT2D eigenvalue weighted by Crippen LogP contribution is 2.42. The molecule has 5 rings (SSSR count). The summed E-state index contributed by atoms with van der Waals surface area (Å²) in [6, 6.07) is 20.2. The van der Waals surface area contributed by atoms with Gasteiger partial charge in [0.2, 0.25) is 6.79 Å². The fraction of sp³-hybridized carbons (Fsp3) is 0.167. The van der Waals surface area contributed by atoms with E-state index in [2.05, 4.69) is 40.2 Å². The molecular weight excluding hydrogens is 432 g/mol. The number of halogens is 1. The Hall–Kier alpha value is -2.76. The highest BCUT2D eigenvalue weighted by molar-refractivity contribution is 9.10. The molecule has 29 heavy (non-hydrogen) atoms.